The molecule has 218 valence electrons. The molecule has 8 aromatic carbocycles. The van der Waals surface area contributed by atoms with Crippen LogP contribution in [-0.4, -0.2) is 6.71 Å². The second-order valence-electron chi connectivity index (χ2n) is 12.4. The van der Waals surface area contributed by atoms with E-state index in [1.54, 1.807) is 0 Å². The maximum absolute atomic E-state index is 6.64. The molecule has 0 N–H and O–H groups in total. The van der Waals surface area contributed by atoms with Gasteiger partial charge in [-0.05, 0) is 96.2 Å². The van der Waals surface area contributed by atoms with Crippen molar-refractivity contribution >= 4 is 44.6 Å². The average molecular weight is 599 g/mol. The molecule has 0 bridgehead atoms. The second-order valence-corrected chi connectivity index (χ2v) is 12.4. The quantitative estimate of drug-likeness (QED) is 0.149. The first kappa shape index (κ1) is 26.2. The maximum atomic E-state index is 6.64. The first-order valence-corrected chi connectivity index (χ1v) is 16.1. The number of fused-ring (bicyclic) bond motifs is 6. The lowest BCUT2D eigenvalue weighted by atomic mass is 9.35. The Labute approximate surface area is 273 Å². The molecule has 0 saturated carbocycles. The molecular weight excluding hydrogens is 571 g/mol. The molecule has 3 heteroatoms. The van der Waals surface area contributed by atoms with Crippen LogP contribution in [0.1, 0.15) is 0 Å². The van der Waals surface area contributed by atoms with Crippen LogP contribution in [0.15, 0.2) is 164 Å². The van der Waals surface area contributed by atoms with Gasteiger partial charge >= 0.3 is 0 Å². The van der Waals surface area contributed by atoms with E-state index in [1.165, 1.54) is 49.3 Å². The predicted molar refractivity (Wildman–Crippen MR) is 195 cm³/mol. The summed E-state index contributed by atoms with van der Waals surface area (Å²) in [5.41, 5.74) is 10.7. The monoisotopic (exact) mass is 598 g/mol. The van der Waals surface area contributed by atoms with Gasteiger partial charge in [0.25, 0.3) is 6.71 Å². The minimum absolute atomic E-state index is 0.0602. The van der Waals surface area contributed by atoms with E-state index in [1.807, 2.05) is 18.2 Å². The molecular formula is C44H27BO2. The van der Waals surface area contributed by atoms with Gasteiger partial charge in [0, 0.05) is 5.46 Å². The van der Waals surface area contributed by atoms with Crippen molar-refractivity contribution in [3.63, 3.8) is 0 Å². The summed E-state index contributed by atoms with van der Waals surface area (Å²) in [5, 5.41) is 4.99. The van der Waals surface area contributed by atoms with E-state index in [9.17, 15) is 0 Å². The van der Waals surface area contributed by atoms with E-state index in [4.69, 9.17) is 9.47 Å². The summed E-state index contributed by atoms with van der Waals surface area (Å²) in [6.07, 6.45) is 0. The molecule has 2 aliphatic rings. The van der Waals surface area contributed by atoms with Crippen molar-refractivity contribution in [1.82, 2.24) is 0 Å². The molecule has 0 saturated heterocycles. The summed E-state index contributed by atoms with van der Waals surface area (Å²) in [6.45, 7) is 0.0602. The van der Waals surface area contributed by atoms with Crippen molar-refractivity contribution in [2.45, 2.75) is 0 Å². The number of hydrogen-bond donors (Lipinski definition) is 0. The molecule has 10 rings (SSSR count). The smallest absolute Gasteiger partial charge is 0.260 e. The highest BCUT2D eigenvalue weighted by Gasteiger charge is 2.39. The Balaban J connectivity index is 1.20. The highest BCUT2D eigenvalue weighted by atomic mass is 16.5. The number of ether oxygens (including phenoxy) is 2. The summed E-state index contributed by atoms with van der Waals surface area (Å²) in [6, 6.07) is 58.5. The Morgan fingerprint density at radius 3 is 1.55 bits per heavy atom. The SMILES string of the molecule is c1ccc(-c2c3ccccc3c(-c3ccccc3)c3cc(-c4ccc5c(c4)Oc4cccc6c4B5c4ccccc4O6)ccc23)cc1. The maximum Gasteiger partial charge on any atom is 0.260 e. The van der Waals surface area contributed by atoms with Crippen molar-refractivity contribution in [3.8, 4) is 56.4 Å². The number of para-hydroxylation sites is 1. The highest BCUT2D eigenvalue weighted by Crippen LogP contribution is 2.45. The van der Waals surface area contributed by atoms with Gasteiger partial charge in [-0.15, -0.1) is 0 Å². The topological polar surface area (TPSA) is 18.5 Å². The van der Waals surface area contributed by atoms with Crippen LogP contribution < -0.4 is 25.9 Å². The lowest BCUT2D eigenvalue weighted by Crippen LogP contribution is -2.57. The fourth-order valence-corrected chi connectivity index (χ4v) is 7.74. The molecule has 0 unspecified atom stereocenters. The third-order valence-electron chi connectivity index (χ3n) is 9.79. The fourth-order valence-electron chi connectivity index (χ4n) is 7.74. The Morgan fingerprint density at radius 2 is 0.830 bits per heavy atom. The summed E-state index contributed by atoms with van der Waals surface area (Å²) in [4.78, 5) is 0. The lowest BCUT2D eigenvalue weighted by molar-refractivity contribution is 0.464. The molecule has 0 spiro atoms. The standard InChI is InChI=1S/C44H27BO2/c1-3-12-28(13-4-1)42-32-16-7-8-17-33(32)43(29-14-5-2-6-15-29)35-26-30(22-24-34(35)42)31-23-25-37-41(27-31)47-40-21-11-20-39-44(40)45(37)36-18-9-10-19-38(36)46-39/h1-27H. The second kappa shape index (κ2) is 10.2. The normalized spacial score (nSPS) is 12.6. The van der Waals surface area contributed by atoms with Crippen molar-refractivity contribution in [3.05, 3.63) is 164 Å². The van der Waals surface area contributed by atoms with Crippen LogP contribution in [0.4, 0.5) is 0 Å². The molecule has 47 heavy (non-hydrogen) atoms. The van der Waals surface area contributed by atoms with E-state index in [-0.39, 0.29) is 6.71 Å². The molecule has 2 heterocycles. The Hall–Kier alpha value is -6.06. The number of benzene rings is 8. The molecule has 2 nitrogen and oxygen atoms in total. The summed E-state index contributed by atoms with van der Waals surface area (Å²) >= 11 is 0. The van der Waals surface area contributed by atoms with Crippen molar-refractivity contribution < 1.29 is 9.47 Å². The molecule has 0 fully saturated rings. The van der Waals surface area contributed by atoms with Gasteiger partial charge in [0.05, 0.1) is 0 Å². The molecule has 0 aliphatic carbocycles. The zero-order valence-electron chi connectivity index (χ0n) is 25.5. The van der Waals surface area contributed by atoms with Crippen molar-refractivity contribution in [2.24, 2.45) is 0 Å². The average Bonchev–Trinajstić information content (AvgIpc) is 3.14. The third kappa shape index (κ3) is 4.00. The highest BCUT2D eigenvalue weighted by molar-refractivity contribution is 6.98. The Morgan fingerprint density at radius 1 is 0.319 bits per heavy atom. The van der Waals surface area contributed by atoms with Crippen LogP contribution in [0.5, 0.6) is 23.0 Å². The zero-order valence-corrected chi connectivity index (χ0v) is 25.5. The first-order chi connectivity index (χ1) is 23.3. The molecule has 0 atom stereocenters. The van der Waals surface area contributed by atoms with E-state index in [0.717, 1.165) is 45.1 Å². The van der Waals surface area contributed by atoms with E-state index in [0.29, 0.717) is 0 Å². The van der Waals surface area contributed by atoms with Gasteiger partial charge in [-0.2, -0.15) is 0 Å². The van der Waals surface area contributed by atoms with Crippen LogP contribution in [0.3, 0.4) is 0 Å². The van der Waals surface area contributed by atoms with Crippen LogP contribution in [-0.2, 0) is 0 Å². The van der Waals surface area contributed by atoms with Gasteiger partial charge in [0.1, 0.15) is 23.0 Å². The lowest BCUT2D eigenvalue weighted by Gasteiger charge is -2.32. The summed E-state index contributed by atoms with van der Waals surface area (Å²) in [5.74, 6) is 3.52. The van der Waals surface area contributed by atoms with Crippen LogP contribution in [0.2, 0.25) is 0 Å². The Bertz CT molecular complexity index is 2520. The summed E-state index contributed by atoms with van der Waals surface area (Å²) in [7, 11) is 0. The molecule has 0 amide bonds. The third-order valence-corrected chi connectivity index (χ3v) is 9.79. The van der Waals surface area contributed by atoms with Gasteiger partial charge in [-0.1, -0.05) is 133 Å². The van der Waals surface area contributed by atoms with E-state index >= 15 is 0 Å². The largest absolute Gasteiger partial charge is 0.458 e. The summed E-state index contributed by atoms with van der Waals surface area (Å²) < 4.78 is 12.9. The Kier molecular flexibility index (Phi) is 5.70. The van der Waals surface area contributed by atoms with E-state index in [2.05, 4.69) is 146 Å². The van der Waals surface area contributed by atoms with Crippen LogP contribution in [0.25, 0.3) is 54.9 Å². The van der Waals surface area contributed by atoms with Gasteiger partial charge in [0.15, 0.2) is 0 Å². The van der Waals surface area contributed by atoms with Crippen molar-refractivity contribution in [2.75, 3.05) is 0 Å². The minimum Gasteiger partial charge on any atom is -0.458 e. The van der Waals surface area contributed by atoms with Crippen LogP contribution in [0, 0.1) is 0 Å². The van der Waals surface area contributed by atoms with Gasteiger partial charge in [-0.3, -0.25) is 0 Å². The number of hydrogen-bond acceptors (Lipinski definition) is 2. The fraction of sp³-hybridized carbons (Fsp3) is 0. The van der Waals surface area contributed by atoms with Gasteiger partial charge in [-0.25, -0.2) is 0 Å². The number of rotatable bonds is 3. The van der Waals surface area contributed by atoms with Gasteiger partial charge < -0.3 is 9.47 Å². The zero-order chi connectivity index (χ0) is 30.9. The van der Waals surface area contributed by atoms with Gasteiger partial charge in [0.2, 0.25) is 0 Å². The van der Waals surface area contributed by atoms with Crippen LogP contribution >= 0.6 is 0 Å². The predicted octanol–water partition coefficient (Wildman–Crippen LogP) is 9.72. The van der Waals surface area contributed by atoms with E-state index < -0.39 is 0 Å². The molecule has 0 radical (unpaired) electrons. The molecule has 8 aromatic rings. The first-order valence-electron chi connectivity index (χ1n) is 16.1. The molecule has 0 aromatic heterocycles. The van der Waals surface area contributed by atoms with Crippen molar-refractivity contribution in [1.29, 1.82) is 0 Å². The molecule has 2 aliphatic heterocycles. The minimum atomic E-state index is 0.0602.